The van der Waals surface area contributed by atoms with Gasteiger partial charge >= 0.3 is 5.97 Å². The molecule has 0 saturated carbocycles. The SMILES string of the molecule is O=C(O)c1cc(Cl)nc(Nc2cccc(Cl)c2Br)c1. The van der Waals surface area contributed by atoms with Crippen LogP contribution in [0.5, 0.6) is 0 Å². The van der Waals surface area contributed by atoms with Gasteiger partial charge in [-0.3, -0.25) is 0 Å². The van der Waals surface area contributed by atoms with E-state index in [9.17, 15) is 4.79 Å². The fourth-order valence-corrected chi connectivity index (χ4v) is 2.17. The van der Waals surface area contributed by atoms with Gasteiger partial charge in [0.1, 0.15) is 11.0 Å². The van der Waals surface area contributed by atoms with Gasteiger partial charge in [-0.1, -0.05) is 29.3 Å². The maximum absolute atomic E-state index is 10.9. The number of carbonyl (C=O) groups is 1. The summed E-state index contributed by atoms with van der Waals surface area (Å²) in [5, 5.41) is 12.5. The van der Waals surface area contributed by atoms with Crippen molar-refractivity contribution < 1.29 is 9.90 Å². The normalized spacial score (nSPS) is 10.3. The Bertz CT molecular complexity index is 650. The molecule has 0 radical (unpaired) electrons. The van der Waals surface area contributed by atoms with E-state index in [1.54, 1.807) is 18.2 Å². The van der Waals surface area contributed by atoms with Crippen LogP contribution < -0.4 is 5.32 Å². The molecule has 0 spiro atoms. The van der Waals surface area contributed by atoms with E-state index in [0.29, 0.717) is 21.0 Å². The predicted molar refractivity (Wildman–Crippen MR) is 78.6 cm³/mol. The molecule has 1 aromatic heterocycles. The number of aromatic nitrogens is 1. The molecule has 0 aliphatic carbocycles. The van der Waals surface area contributed by atoms with E-state index in [2.05, 4.69) is 26.2 Å². The number of hydrogen-bond acceptors (Lipinski definition) is 3. The first-order chi connectivity index (χ1) is 8.97. The average Bonchev–Trinajstić information content (AvgIpc) is 2.34. The quantitative estimate of drug-likeness (QED) is 0.784. The number of carboxylic acid groups (broad SMARTS) is 1. The van der Waals surface area contributed by atoms with Crippen LogP contribution >= 0.6 is 39.1 Å². The standard InChI is InChI=1S/C12H7BrCl2N2O2/c13-11-7(14)2-1-3-8(11)16-10-5-6(12(18)19)4-9(15)17-10/h1-5H,(H,16,17)(H,18,19). The zero-order valence-corrected chi connectivity index (χ0v) is 12.4. The topological polar surface area (TPSA) is 62.2 Å². The summed E-state index contributed by atoms with van der Waals surface area (Å²) in [4.78, 5) is 14.9. The van der Waals surface area contributed by atoms with E-state index >= 15 is 0 Å². The van der Waals surface area contributed by atoms with Crippen molar-refractivity contribution in [2.45, 2.75) is 0 Å². The monoisotopic (exact) mass is 360 g/mol. The van der Waals surface area contributed by atoms with Gasteiger partial charge < -0.3 is 10.4 Å². The third-order valence-corrected chi connectivity index (χ3v) is 3.85. The molecule has 0 saturated heterocycles. The lowest BCUT2D eigenvalue weighted by Gasteiger charge is -2.09. The van der Waals surface area contributed by atoms with E-state index in [0.717, 1.165) is 0 Å². The molecule has 0 fully saturated rings. The first-order valence-corrected chi connectivity index (χ1v) is 6.64. The van der Waals surface area contributed by atoms with Gasteiger partial charge in [0.25, 0.3) is 0 Å². The number of anilines is 2. The van der Waals surface area contributed by atoms with Crippen molar-refractivity contribution in [1.29, 1.82) is 0 Å². The second-order valence-electron chi connectivity index (χ2n) is 3.60. The first-order valence-electron chi connectivity index (χ1n) is 5.09. The highest BCUT2D eigenvalue weighted by Gasteiger charge is 2.09. The van der Waals surface area contributed by atoms with Crippen LogP contribution in [0.25, 0.3) is 0 Å². The summed E-state index contributed by atoms with van der Waals surface area (Å²) < 4.78 is 0.662. The fraction of sp³-hybridized carbons (Fsp3) is 0. The molecule has 1 aromatic carbocycles. The summed E-state index contributed by atoms with van der Waals surface area (Å²) in [6, 6.07) is 7.94. The van der Waals surface area contributed by atoms with Crippen LogP contribution in [0.3, 0.4) is 0 Å². The molecule has 2 N–H and O–H groups in total. The van der Waals surface area contributed by atoms with E-state index < -0.39 is 5.97 Å². The lowest BCUT2D eigenvalue weighted by molar-refractivity contribution is 0.0697. The third kappa shape index (κ3) is 3.37. The number of nitrogens with zero attached hydrogens (tertiary/aromatic N) is 1. The van der Waals surface area contributed by atoms with Crippen LogP contribution in [0.15, 0.2) is 34.8 Å². The molecule has 0 aliphatic rings. The molecular formula is C12H7BrCl2N2O2. The molecule has 0 aliphatic heterocycles. The fourth-order valence-electron chi connectivity index (χ4n) is 1.42. The Morgan fingerprint density at radius 1 is 1.32 bits per heavy atom. The van der Waals surface area contributed by atoms with Crippen LogP contribution in [-0.4, -0.2) is 16.1 Å². The minimum absolute atomic E-state index is 0.0562. The summed E-state index contributed by atoms with van der Waals surface area (Å²) in [5.74, 6) is -0.745. The second kappa shape index (κ2) is 5.77. The summed E-state index contributed by atoms with van der Waals surface area (Å²) in [6.07, 6.45) is 0. The van der Waals surface area contributed by atoms with Crippen LogP contribution in [0.2, 0.25) is 10.2 Å². The Morgan fingerprint density at radius 3 is 2.74 bits per heavy atom. The summed E-state index contributed by atoms with van der Waals surface area (Å²) in [7, 11) is 0. The van der Waals surface area contributed by atoms with Gasteiger partial charge in [0.15, 0.2) is 0 Å². The molecule has 7 heteroatoms. The van der Waals surface area contributed by atoms with Gasteiger partial charge in [-0.15, -0.1) is 0 Å². The molecule has 2 rings (SSSR count). The Kier molecular flexibility index (Phi) is 4.29. The summed E-state index contributed by atoms with van der Waals surface area (Å²) in [6.45, 7) is 0. The molecule has 0 amide bonds. The van der Waals surface area contributed by atoms with Crippen LogP contribution in [0.4, 0.5) is 11.5 Å². The van der Waals surface area contributed by atoms with Gasteiger partial charge in [0.05, 0.1) is 20.7 Å². The van der Waals surface area contributed by atoms with Gasteiger partial charge in [0, 0.05) is 0 Å². The van der Waals surface area contributed by atoms with E-state index in [1.165, 1.54) is 12.1 Å². The second-order valence-corrected chi connectivity index (χ2v) is 5.18. The lowest BCUT2D eigenvalue weighted by atomic mass is 10.2. The molecular weight excluding hydrogens is 355 g/mol. The highest BCUT2D eigenvalue weighted by atomic mass is 79.9. The van der Waals surface area contributed by atoms with Gasteiger partial charge in [-0.2, -0.15) is 0 Å². The molecule has 0 atom stereocenters. The summed E-state index contributed by atoms with van der Waals surface area (Å²) in [5.41, 5.74) is 0.722. The van der Waals surface area contributed by atoms with Crippen molar-refractivity contribution in [3.05, 3.63) is 50.5 Å². The largest absolute Gasteiger partial charge is 0.478 e. The smallest absolute Gasteiger partial charge is 0.335 e. The molecule has 1 heterocycles. The number of pyridine rings is 1. The maximum atomic E-state index is 10.9. The zero-order valence-electron chi connectivity index (χ0n) is 9.32. The van der Waals surface area contributed by atoms with Crippen molar-refractivity contribution >= 4 is 56.6 Å². The van der Waals surface area contributed by atoms with Gasteiger partial charge in [0.2, 0.25) is 0 Å². The van der Waals surface area contributed by atoms with Crippen LogP contribution in [0, 0.1) is 0 Å². The molecule has 0 bridgehead atoms. The van der Waals surface area contributed by atoms with Crippen molar-refractivity contribution in [3.8, 4) is 0 Å². The Hall–Kier alpha value is -1.30. The first kappa shape index (κ1) is 14.1. The number of benzene rings is 1. The Morgan fingerprint density at radius 2 is 2.05 bits per heavy atom. The van der Waals surface area contributed by atoms with Crippen molar-refractivity contribution in [2.75, 3.05) is 5.32 Å². The van der Waals surface area contributed by atoms with Crippen LogP contribution in [-0.2, 0) is 0 Å². The maximum Gasteiger partial charge on any atom is 0.335 e. The van der Waals surface area contributed by atoms with E-state index in [4.69, 9.17) is 28.3 Å². The average molecular weight is 362 g/mol. The highest BCUT2D eigenvalue weighted by Crippen LogP contribution is 2.32. The number of halogens is 3. The van der Waals surface area contributed by atoms with Crippen molar-refractivity contribution in [1.82, 2.24) is 4.98 Å². The Balaban J connectivity index is 2.38. The number of hydrogen-bond donors (Lipinski definition) is 2. The number of aromatic carboxylic acids is 1. The molecule has 19 heavy (non-hydrogen) atoms. The molecule has 0 unspecified atom stereocenters. The van der Waals surface area contributed by atoms with Gasteiger partial charge in [-0.05, 0) is 40.2 Å². The van der Waals surface area contributed by atoms with Gasteiger partial charge in [-0.25, -0.2) is 9.78 Å². The predicted octanol–water partition coefficient (Wildman–Crippen LogP) is 4.59. The molecule has 4 nitrogen and oxygen atoms in total. The minimum atomic E-state index is -1.07. The number of carboxylic acids is 1. The van der Waals surface area contributed by atoms with E-state index in [1.807, 2.05) is 0 Å². The number of nitrogens with one attached hydrogen (secondary N) is 1. The number of rotatable bonds is 3. The van der Waals surface area contributed by atoms with E-state index in [-0.39, 0.29) is 10.7 Å². The lowest BCUT2D eigenvalue weighted by Crippen LogP contribution is -2.01. The highest BCUT2D eigenvalue weighted by molar-refractivity contribution is 9.10. The van der Waals surface area contributed by atoms with Crippen molar-refractivity contribution in [2.24, 2.45) is 0 Å². The molecule has 98 valence electrons. The third-order valence-electron chi connectivity index (χ3n) is 2.26. The zero-order chi connectivity index (χ0) is 14.0. The summed E-state index contributed by atoms with van der Waals surface area (Å²) >= 11 is 15.1. The molecule has 2 aromatic rings. The Labute approximate surface area is 127 Å². The minimum Gasteiger partial charge on any atom is -0.478 e. The van der Waals surface area contributed by atoms with Crippen molar-refractivity contribution in [3.63, 3.8) is 0 Å². The van der Waals surface area contributed by atoms with Crippen LogP contribution in [0.1, 0.15) is 10.4 Å².